The van der Waals surface area contributed by atoms with Gasteiger partial charge in [-0.15, -0.1) is 0 Å². The van der Waals surface area contributed by atoms with Crippen LogP contribution in [0, 0.1) is 10.1 Å². The summed E-state index contributed by atoms with van der Waals surface area (Å²) in [5, 5.41) is 22.8. The quantitative estimate of drug-likeness (QED) is 0.401. The van der Waals surface area contributed by atoms with Crippen molar-refractivity contribution in [2.24, 2.45) is 5.16 Å². The summed E-state index contributed by atoms with van der Waals surface area (Å²) in [5.74, 6) is 0.469. The highest BCUT2D eigenvalue weighted by Crippen LogP contribution is 2.32. The molecule has 0 radical (unpaired) electrons. The second-order valence-corrected chi connectivity index (χ2v) is 4.22. The zero-order valence-electron chi connectivity index (χ0n) is 10.1. The number of halogens is 1. The lowest BCUT2D eigenvalue weighted by Gasteiger charge is -2.07. The van der Waals surface area contributed by atoms with Gasteiger partial charge in [0.2, 0.25) is 5.75 Å². The molecule has 2 rings (SSSR count). The molecule has 20 heavy (non-hydrogen) atoms. The molecule has 2 aromatic rings. The van der Waals surface area contributed by atoms with Crippen LogP contribution < -0.4 is 4.74 Å². The molecule has 7 heteroatoms. The Hall–Kier alpha value is -2.60. The maximum Gasteiger partial charge on any atom is 0.312 e. The lowest BCUT2D eigenvalue weighted by Crippen LogP contribution is -1.95. The Kier molecular flexibility index (Phi) is 4.17. The predicted octanol–water partition coefficient (Wildman–Crippen LogP) is 3.85. The van der Waals surface area contributed by atoms with Crippen molar-refractivity contribution in [1.82, 2.24) is 0 Å². The van der Waals surface area contributed by atoms with Gasteiger partial charge >= 0.3 is 5.69 Å². The van der Waals surface area contributed by atoms with Crippen molar-refractivity contribution < 1.29 is 14.9 Å². The highest BCUT2D eigenvalue weighted by molar-refractivity contribution is 6.30. The summed E-state index contributed by atoms with van der Waals surface area (Å²) in [5.41, 5.74) is 0.153. The van der Waals surface area contributed by atoms with Gasteiger partial charge in [-0.3, -0.25) is 10.1 Å². The minimum absolute atomic E-state index is 0.0763. The predicted molar refractivity (Wildman–Crippen MR) is 74.0 cm³/mol. The van der Waals surface area contributed by atoms with Crippen molar-refractivity contribution in [2.45, 2.75) is 0 Å². The Bertz CT molecular complexity index is 673. The molecular weight excluding hydrogens is 284 g/mol. The third-order valence-electron chi connectivity index (χ3n) is 2.41. The van der Waals surface area contributed by atoms with Crippen LogP contribution in [0.2, 0.25) is 5.02 Å². The van der Waals surface area contributed by atoms with Crippen LogP contribution in [0.5, 0.6) is 11.5 Å². The Morgan fingerprint density at radius 3 is 2.75 bits per heavy atom. The topological polar surface area (TPSA) is 85.0 Å². The molecule has 6 nitrogen and oxygen atoms in total. The maximum absolute atomic E-state index is 11.0. The van der Waals surface area contributed by atoms with Gasteiger partial charge in [-0.25, -0.2) is 0 Å². The summed E-state index contributed by atoms with van der Waals surface area (Å²) in [4.78, 5) is 10.5. The van der Waals surface area contributed by atoms with Crippen LogP contribution in [0.15, 0.2) is 47.6 Å². The molecule has 1 N–H and O–H groups in total. The molecule has 0 heterocycles. The second kappa shape index (κ2) is 6.03. The second-order valence-electron chi connectivity index (χ2n) is 3.79. The van der Waals surface area contributed by atoms with Crippen molar-refractivity contribution in [3.63, 3.8) is 0 Å². The van der Waals surface area contributed by atoms with Gasteiger partial charge in [-0.05, 0) is 30.3 Å². The van der Waals surface area contributed by atoms with E-state index in [0.717, 1.165) is 6.21 Å². The van der Waals surface area contributed by atoms with Crippen LogP contribution in [-0.2, 0) is 0 Å². The SMILES string of the molecule is O=[N+]([O-])c1cc(C=NO)ccc1Oc1cccc(Cl)c1. The van der Waals surface area contributed by atoms with E-state index < -0.39 is 4.92 Å². The lowest BCUT2D eigenvalue weighted by molar-refractivity contribution is -0.385. The zero-order chi connectivity index (χ0) is 14.5. The first kappa shape index (κ1) is 13.8. The van der Waals surface area contributed by atoms with Crippen molar-refractivity contribution >= 4 is 23.5 Å². The number of ether oxygens (including phenoxy) is 1. The fraction of sp³-hybridized carbons (Fsp3) is 0. The third kappa shape index (κ3) is 3.24. The summed E-state index contributed by atoms with van der Waals surface area (Å²) in [6, 6.07) is 10.7. The first-order valence-electron chi connectivity index (χ1n) is 5.49. The molecule has 0 saturated carbocycles. The summed E-state index contributed by atoms with van der Waals surface area (Å²) >= 11 is 5.82. The summed E-state index contributed by atoms with van der Waals surface area (Å²) < 4.78 is 5.45. The molecule has 0 spiro atoms. The maximum atomic E-state index is 11.0. The molecule has 0 aliphatic carbocycles. The molecule has 0 saturated heterocycles. The molecule has 0 aromatic heterocycles. The molecular formula is C13H9ClN2O4. The van der Waals surface area contributed by atoms with E-state index in [1.807, 2.05) is 0 Å². The number of rotatable bonds is 4. The number of nitro benzene ring substituents is 1. The number of benzene rings is 2. The average Bonchev–Trinajstić information content (AvgIpc) is 2.40. The van der Waals surface area contributed by atoms with Crippen molar-refractivity contribution in [1.29, 1.82) is 0 Å². The number of hydrogen-bond acceptors (Lipinski definition) is 5. The summed E-state index contributed by atoms with van der Waals surface area (Å²) in [7, 11) is 0. The van der Waals surface area contributed by atoms with Gasteiger partial charge < -0.3 is 9.94 Å². The van der Waals surface area contributed by atoms with E-state index in [-0.39, 0.29) is 11.4 Å². The Labute approximate surface area is 119 Å². The number of hydrogen-bond donors (Lipinski definition) is 1. The monoisotopic (exact) mass is 292 g/mol. The molecule has 0 amide bonds. The molecule has 0 aliphatic rings. The highest BCUT2D eigenvalue weighted by Gasteiger charge is 2.16. The fourth-order valence-electron chi connectivity index (χ4n) is 1.57. The van der Waals surface area contributed by atoms with Crippen LogP contribution in [0.3, 0.4) is 0 Å². The lowest BCUT2D eigenvalue weighted by atomic mass is 10.2. The zero-order valence-corrected chi connectivity index (χ0v) is 10.8. The highest BCUT2D eigenvalue weighted by atomic mass is 35.5. The number of oxime groups is 1. The van der Waals surface area contributed by atoms with Gasteiger partial charge in [-0.2, -0.15) is 0 Å². The minimum Gasteiger partial charge on any atom is -0.450 e. The van der Waals surface area contributed by atoms with Gasteiger partial charge in [0.15, 0.2) is 0 Å². The Balaban J connectivity index is 2.38. The largest absolute Gasteiger partial charge is 0.450 e. The van der Waals surface area contributed by atoms with E-state index in [1.54, 1.807) is 24.3 Å². The number of nitrogens with zero attached hydrogens (tertiary/aromatic N) is 2. The standard InChI is InChI=1S/C13H9ClN2O4/c14-10-2-1-3-11(7-10)20-13-5-4-9(8-15-17)6-12(13)16(18)19/h1-8,17H. The van der Waals surface area contributed by atoms with Crippen molar-refractivity contribution in [2.75, 3.05) is 0 Å². The van der Waals surface area contributed by atoms with E-state index in [9.17, 15) is 10.1 Å². The van der Waals surface area contributed by atoms with E-state index >= 15 is 0 Å². The van der Waals surface area contributed by atoms with Crippen LogP contribution in [0.1, 0.15) is 5.56 Å². The Morgan fingerprint density at radius 1 is 1.30 bits per heavy atom. The first-order valence-corrected chi connectivity index (χ1v) is 5.87. The molecule has 0 aliphatic heterocycles. The molecule has 0 fully saturated rings. The van der Waals surface area contributed by atoms with Gasteiger partial charge in [0, 0.05) is 16.7 Å². The van der Waals surface area contributed by atoms with Crippen LogP contribution >= 0.6 is 11.6 Å². The molecule has 0 unspecified atom stereocenters. The molecule has 0 bridgehead atoms. The molecule has 2 aromatic carbocycles. The van der Waals surface area contributed by atoms with Crippen LogP contribution in [0.4, 0.5) is 5.69 Å². The van der Waals surface area contributed by atoms with Crippen LogP contribution in [-0.4, -0.2) is 16.3 Å². The van der Waals surface area contributed by atoms with Gasteiger partial charge in [0.05, 0.1) is 11.1 Å². The molecule has 0 atom stereocenters. The van der Waals surface area contributed by atoms with Gasteiger partial charge in [-0.1, -0.05) is 22.8 Å². The van der Waals surface area contributed by atoms with E-state index in [1.165, 1.54) is 18.2 Å². The van der Waals surface area contributed by atoms with E-state index in [4.69, 9.17) is 21.5 Å². The fourth-order valence-corrected chi connectivity index (χ4v) is 1.75. The third-order valence-corrected chi connectivity index (χ3v) is 2.65. The smallest absolute Gasteiger partial charge is 0.312 e. The van der Waals surface area contributed by atoms with Crippen molar-refractivity contribution in [3.05, 3.63) is 63.2 Å². The van der Waals surface area contributed by atoms with Crippen molar-refractivity contribution in [3.8, 4) is 11.5 Å². The van der Waals surface area contributed by atoms with E-state index in [0.29, 0.717) is 16.3 Å². The first-order chi connectivity index (χ1) is 9.60. The Morgan fingerprint density at radius 2 is 2.10 bits per heavy atom. The van der Waals surface area contributed by atoms with Gasteiger partial charge in [0.25, 0.3) is 0 Å². The van der Waals surface area contributed by atoms with E-state index in [2.05, 4.69) is 5.16 Å². The number of nitro groups is 1. The summed E-state index contributed by atoms with van der Waals surface area (Å²) in [6.45, 7) is 0. The van der Waals surface area contributed by atoms with Crippen LogP contribution in [0.25, 0.3) is 0 Å². The van der Waals surface area contributed by atoms with Gasteiger partial charge in [0.1, 0.15) is 5.75 Å². The minimum atomic E-state index is -0.575. The normalized spacial score (nSPS) is 10.7. The average molecular weight is 293 g/mol. The summed E-state index contributed by atoms with van der Waals surface area (Å²) in [6.07, 6.45) is 1.09. The molecule has 102 valence electrons.